The van der Waals surface area contributed by atoms with Crippen molar-refractivity contribution in [3.63, 3.8) is 0 Å². The maximum Gasteiger partial charge on any atom is 0.270 e. The molecule has 4 aromatic carbocycles. The van der Waals surface area contributed by atoms with Gasteiger partial charge in [0.1, 0.15) is 0 Å². The molecule has 0 saturated carbocycles. The van der Waals surface area contributed by atoms with E-state index in [0.29, 0.717) is 11.5 Å². The molecule has 8 rings (SSSR count). The van der Waals surface area contributed by atoms with Gasteiger partial charge in [-0.15, -0.1) is 0 Å². The Bertz CT molecular complexity index is 2120. The van der Waals surface area contributed by atoms with Crippen LogP contribution in [0.4, 0.5) is 5.69 Å². The summed E-state index contributed by atoms with van der Waals surface area (Å²) >= 11 is 0. The van der Waals surface area contributed by atoms with Crippen molar-refractivity contribution in [2.75, 3.05) is 21.0 Å². The lowest BCUT2D eigenvalue weighted by Crippen LogP contribution is -3.00. The standard InChI is InChI=1S/C34H26N3O6.ClH/c1-40-29-10-8-24-26(34(29)41-2)17-36-12-11-21-15-30-31(43-18-42-30)16-25(21)33(36)32(24)20-5-3-19(4-6-20)28-14-22-13-23(37(38)39)7-9-27(22)35-28;/h3-10,13-17,35H,11-12,18H2,1-2H3;1H/q+1;/p-1. The molecule has 4 heterocycles. The first-order chi connectivity index (χ1) is 21.0. The first-order valence-electron chi connectivity index (χ1n) is 13.9. The summed E-state index contributed by atoms with van der Waals surface area (Å²) in [5, 5.41) is 14.1. The lowest BCUT2D eigenvalue weighted by molar-refractivity contribution is -0.685. The van der Waals surface area contributed by atoms with Crippen molar-refractivity contribution in [1.29, 1.82) is 0 Å². The third-order valence-electron chi connectivity index (χ3n) is 8.44. The Morgan fingerprint density at radius 1 is 0.886 bits per heavy atom. The predicted molar refractivity (Wildman–Crippen MR) is 162 cm³/mol. The second-order valence-electron chi connectivity index (χ2n) is 10.7. The first kappa shape index (κ1) is 27.5. The topological polar surface area (TPSA) is 99.7 Å². The Morgan fingerprint density at radius 3 is 2.41 bits per heavy atom. The number of nitro groups is 1. The third-order valence-corrected chi connectivity index (χ3v) is 8.44. The number of non-ortho nitro benzene ring substituents is 1. The highest BCUT2D eigenvalue weighted by Crippen LogP contribution is 2.46. The van der Waals surface area contributed by atoms with E-state index in [1.54, 1.807) is 26.4 Å². The zero-order chi connectivity index (χ0) is 29.2. The number of nitrogens with one attached hydrogen (secondary N) is 1. The van der Waals surface area contributed by atoms with Gasteiger partial charge in [-0.1, -0.05) is 24.3 Å². The number of fused-ring (bicyclic) bond motifs is 6. The summed E-state index contributed by atoms with van der Waals surface area (Å²) in [6, 6.07) is 23.4. The molecular formula is C34H26ClN3O6. The molecule has 10 heteroatoms. The van der Waals surface area contributed by atoms with E-state index >= 15 is 0 Å². The van der Waals surface area contributed by atoms with E-state index in [1.807, 2.05) is 12.1 Å². The highest BCUT2D eigenvalue weighted by molar-refractivity contribution is 6.05. The number of rotatable bonds is 5. The van der Waals surface area contributed by atoms with Gasteiger partial charge in [-0.2, -0.15) is 4.57 Å². The number of aromatic nitrogens is 2. The number of methoxy groups -OCH3 is 2. The van der Waals surface area contributed by atoms with Crippen molar-refractivity contribution in [1.82, 2.24) is 4.98 Å². The monoisotopic (exact) mass is 607 g/mol. The maximum atomic E-state index is 11.3. The van der Waals surface area contributed by atoms with Crippen LogP contribution >= 0.6 is 0 Å². The van der Waals surface area contributed by atoms with Crippen LogP contribution in [-0.2, 0) is 13.0 Å². The van der Waals surface area contributed by atoms with Crippen molar-refractivity contribution in [2.24, 2.45) is 0 Å². The van der Waals surface area contributed by atoms with E-state index in [0.717, 1.165) is 79.8 Å². The van der Waals surface area contributed by atoms with Crippen molar-refractivity contribution in [3.05, 3.63) is 94.7 Å². The number of H-pyrrole nitrogens is 1. The summed E-state index contributed by atoms with van der Waals surface area (Å²) in [6.07, 6.45) is 3.01. The van der Waals surface area contributed by atoms with Gasteiger partial charge in [0.15, 0.2) is 35.7 Å². The molecule has 6 aromatic rings. The van der Waals surface area contributed by atoms with Crippen LogP contribution in [0.2, 0.25) is 0 Å². The van der Waals surface area contributed by atoms with Crippen LogP contribution in [0, 0.1) is 10.1 Å². The molecule has 0 amide bonds. The van der Waals surface area contributed by atoms with E-state index in [2.05, 4.69) is 58.2 Å². The molecular weight excluding hydrogens is 582 g/mol. The number of benzene rings is 4. The second-order valence-corrected chi connectivity index (χ2v) is 10.7. The smallest absolute Gasteiger partial charge is 0.270 e. The van der Waals surface area contributed by atoms with Crippen LogP contribution in [0.15, 0.2) is 79.0 Å². The van der Waals surface area contributed by atoms with Crippen LogP contribution in [0.25, 0.3) is 55.3 Å². The number of hydrogen-bond acceptors (Lipinski definition) is 6. The van der Waals surface area contributed by atoms with Gasteiger partial charge >= 0.3 is 0 Å². The molecule has 2 aromatic heterocycles. The summed E-state index contributed by atoms with van der Waals surface area (Å²) in [5.41, 5.74) is 8.34. The molecule has 0 fully saturated rings. The largest absolute Gasteiger partial charge is 1.00 e. The quantitative estimate of drug-likeness (QED) is 0.182. The Hall–Kier alpha value is -5.28. The van der Waals surface area contributed by atoms with Crippen molar-refractivity contribution in [2.45, 2.75) is 13.0 Å². The second kappa shape index (κ2) is 10.5. The van der Waals surface area contributed by atoms with Crippen molar-refractivity contribution < 1.29 is 40.8 Å². The highest BCUT2D eigenvalue weighted by Gasteiger charge is 2.33. The fourth-order valence-electron chi connectivity index (χ4n) is 6.40. The molecule has 0 aliphatic carbocycles. The van der Waals surface area contributed by atoms with Crippen LogP contribution in [0.5, 0.6) is 23.0 Å². The summed E-state index contributed by atoms with van der Waals surface area (Å²) in [7, 11) is 3.32. The number of nitrogens with zero attached hydrogens (tertiary/aromatic N) is 2. The summed E-state index contributed by atoms with van der Waals surface area (Å²) in [5.74, 6) is 2.90. The summed E-state index contributed by atoms with van der Waals surface area (Å²) < 4.78 is 25.3. The Kier molecular flexibility index (Phi) is 6.55. The fourth-order valence-corrected chi connectivity index (χ4v) is 6.40. The molecule has 0 atom stereocenters. The fraction of sp³-hybridized carbons (Fsp3) is 0.147. The van der Waals surface area contributed by atoms with E-state index in [9.17, 15) is 10.1 Å². The molecule has 9 nitrogen and oxygen atoms in total. The first-order valence-corrected chi connectivity index (χ1v) is 13.9. The predicted octanol–water partition coefficient (Wildman–Crippen LogP) is 3.82. The highest BCUT2D eigenvalue weighted by atomic mass is 35.5. The van der Waals surface area contributed by atoms with E-state index in [1.165, 1.54) is 11.6 Å². The zero-order valence-electron chi connectivity index (χ0n) is 23.8. The molecule has 2 aliphatic heterocycles. The van der Waals surface area contributed by atoms with E-state index < -0.39 is 0 Å². The summed E-state index contributed by atoms with van der Waals surface area (Å²) in [6.45, 7) is 1.02. The van der Waals surface area contributed by atoms with Gasteiger partial charge in [-0.3, -0.25) is 10.1 Å². The number of ether oxygens (including phenoxy) is 4. The minimum atomic E-state index is -0.375. The van der Waals surface area contributed by atoms with Gasteiger partial charge in [-0.05, 0) is 53.1 Å². The van der Waals surface area contributed by atoms with Gasteiger partial charge in [0, 0.05) is 40.5 Å². The van der Waals surface area contributed by atoms with Crippen LogP contribution in [0.3, 0.4) is 0 Å². The van der Waals surface area contributed by atoms with E-state index in [-0.39, 0.29) is 29.8 Å². The minimum Gasteiger partial charge on any atom is -1.00 e. The van der Waals surface area contributed by atoms with Gasteiger partial charge in [0.2, 0.25) is 12.5 Å². The van der Waals surface area contributed by atoms with Crippen LogP contribution in [-0.4, -0.2) is 30.9 Å². The lowest BCUT2D eigenvalue weighted by atomic mass is 9.88. The molecule has 44 heavy (non-hydrogen) atoms. The zero-order valence-corrected chi connectivity index (χ0v) is 24.6. The Morgan fingerprint density at radius 2 is 1.66 bits per heavy atom. The van der Waals surface area contributed by atoms with Crippen molar-refractivity contribution >= 4 is 27.4 Å². The molecule has 1 N–H and O–H groups in total. The Labute approximate surface area is 258 Å². The molecule has 0 bridgehead atoms. The van der Waals surface area contributed by atoms with Gasteiger partial charge in [-0.25, -0.2) is 0 Å². The van der Waals surface area contributed by atoms with Gasteiger partial charge in [0.25, 0.3) is 5.69 Å². The molecule has 0 unspecified atom stereocenters. The minimum absolute atomic E-state index is 0. The lowest BCUT2D eigenvalue weighted by Gasteiger charge is -2.21. The van der Waals surface area contributed by atoms with Gasteiger partial charge < -0.3 is 36.3 Å². The number of aryl methyl sites for hydroxylation is 2. The van der Waals surface area contributed by atoms with Crippen LogP contribution in [0.1, 0.15) is 5.56 Å². The number of hydrogen-bond donors (Lipinski definition) is 1. The number of aromatic amines is 1. The van der Waals surface area contributed by atoms with E-state index in [4.69, 9.17) is 18.9 Å². The van der Waals surface area contributed by atoms with Gasteiger partial charge in [0.05, 0.1) is 35.7 Å². The number of nitro benzene ring substituents is 1. The average Bonchev–Trinajstić information content (AvgIpc) is 3.68. The third kappa shape index (κ3) is 4.19. The SMILES string of the molecule is COc1ccc2c(-c3ccc(-c4cc5cc([N+](=O)[O-])ccc5[nH]4)cc3)c3[n+](cc2c1OC)CCc1cc2c(cc1-3)OCO2.[Cl-]. The molecule has 2 aliphatic rings. The Balaban J connectivity index is 0.00000312. The maximum absolute atomic E-state index is 11.3. The van der Waals surface area contributed by atoms with Crippen molar-refractivity contribution in [3.8, 4) is 56.6 Å². The van der Waals surface area contributed by atoms with Crippen LogP contribution < -0.4 is 35.9 Å². The number of halogens is 1. The average molecular weight is 608 g/mol. The normalized spacial score (nSPS) is 12.9. The summed E-state index contributed by atoms with van der Waals surface area (Å²) in [4.78, 5) is 14.3. The molecule has 0 saturated heterocycles. The number of pyridine rings is 1. The molecule has 0 spiro atoms. The molecule has 220 valence electrons. The molecule has 0 radical (unpaired) electrons.